The minimum Gasteiger partial charge on any atom is -0.0892 e. The molecule has 0 heterocycles. The van der Waals surface area contributed by atoms with Gasteiger partial charge < -0.3 is 0 Å². The Balaban J connectivity index is 1.36. The molecule has 0 spiro atoms. The number of hydrogen-bond acceptors (Lipinski definition) is 0. The normalized spacial score (nSPS) is 17.1. The van der Waals surface area contributed by atoms with Gasteiger partial charge in [-0.25, -0.2) is 0 Å². The lowest BCUT2D eigenvalue weighted by molar-refractivity contribution is 1.12. The third-order valence-electron chi connectivity index (χ3n) is 8.39. The second kappa shape index (κ2) is 9.26. The second-order valence-corrected chi connectivity index (χ2v) is 10.7. The van der Waals surface area contributed by atoms with E-state index in [0.717, 1.165) is 0 Å². The van der Waals surface area contributed by atoms with E-state index in [9.17, 15) is 0 Å². The van der Waals surface area contributed by atoms with Gasteiger partial charge in [-0.15, -0.1) is 0 Å². The van der Waals surface area contributed by atoms with Gasteiger partial charge in [-0.2, -0.15) is 0 Å². The lowest BCUT2D eigenvalue weighted by Gasteiger charge is -2.26. The van der Waals surface area contributed by atoms with Gasteiger partial charge in [0.15, 0.2) is 0 Å². The highest BCUT2D eigenvalue weighted by molar-refractivity contribution is 6.06. The molecule has 2 unspecified atom stereocenters. The molecule has 0 amide bonds. The van der Waals surface area contributed by atoms with Gasteiger partial charge in [0, 0.05) is 0 Å². The van der Waals surface area contributed by atoms with Gasteiger partial charge in [0.05, 0.1) is 11.8 Å². The zero-order chi connectivity index (χ0) is 26.5. The highest BCUT2D eigenvalue weighted by Crippen LogP contribution is 2.45. The van der Waals surface area contributed by atoms with E-state index in [4.69, 9.17) is 0 Å². The van der Waals surface area contributed by atoms with Gasteiger partial charge in [0.25, 0.3) is 0 Å². The van der Waals surface area contributed by atoms with E-state index in [2.05, 4.69) is 157 Å². The van der Waals surface area contributed by atoms with Crippen LogP contribution in [0.5, 0.6) is 0 Å². The number of benzene rings is 6. The second-order valence-electron chi connectivity index (χ2n) is 10.7. The van der Waals surface area contributed by atoms with E-state index in [1.165, 1.54) is 66.1 Å². The smallest absolute Gasteiger partial charge is 0.0714 e. The minimum atomic E-state index is -0.0191. The van der Waals surface area contributed by atoms with Gasteiger partial charge >= 0.3 is 0 Å². The van der Waals surface area contributed by atoms with Crippen LogP contribution in [0.25, 0.3) is 44.8 Å². The first-order valence-electron chi connectivity index (χ1n) is 13.9. The molecule has 0 aliphatic heterocycles. The molecule has 6 aromatic rings. The average Bonchev–Trinajstić information content (AvgIpc) is 3.02. The van der Waals surface area contributed by atoms with Gasteiger partial charge in [-0.3, -0.25) is 0 Å². The molecule has 0 saturated carbocycles. The molecule has 0 N–H and O–H groups in total. The van der Waals surface area contributed by atoms with Crippen LogP contribution >= 0.6 is 0 Å². The van der Waals surface area contributed by atoms with E-state index in [1.807, 2.05) is 0 Å². The van der Waals surface area contributed by atoms with Crippen LogP contribution in [0.4, 0.5) is 0 Å². The zero-order valence-corrected chi connectivity index (χ0v) is 22.0. The summed E-state index contributed by atoms with van der Waals surface area (Å²) in [4.78, 5) is 0. The molecule has 2 aliphatic carbocycles. The van der Waals surface area contributed by atoms with Crippen LogP contribution in [0.15, 0.2) is 133 Å². The maximum absolute atomic E-state index is 3.86. The van der Waals surface area contributed by atoms with Crippen molar-refractivity contribution in [1.29, 1.82) is 0 Å². The van der Waals surface area contributed by atoms with Crippen molar-refractivity contribution in [3.63, 3.8) is 0 Å². The number of allylic oxidation sites excluding steroid dienone is 2. The molecular weight excluding hydrogens is 480 g/mol. The largest absolute Gasteiger partial charge is 0.0892 e. The fraction of sp³-hybridized carbons (Fsp3) is 0.0500. The summed E-state index contributed by atoms with van der Waals surface area (Å²) in [7, 11) is 0. The zero-order valence-electron chi connectivity index (χ0n) is 22.0. The molecule has 2 aliphatic rings. The molecule has 0 nitrogen and oxygen atoms in total. The first-order valence-corrected chi connectivity index (χ1v) is 13.9. The standard InChI is InChI=1S/C40H26/c1-3-11-27(12-4-1)37-25-31-19-7-15-29-17-9-21-35(39(29)31)33(37)23-24-34-36-22-10-18-30-16-8-20-32(40(30)36)26-38(34)28-13-5-2-6-14-28/h1-22,25-26,33-34H. The van der Waals surface area contributed by atoms with Crippen molar-refractivity contribution in [1.82, 2.24) is 0 Å². The Bertz CT molecular complexity index is 1890. The summed E-state index contributed by atoms with van der Waals surface area (Å²) in [5.41, 5.74) is 10.1. The molecule has 6 aromatic carbocycles. The number of rotatable bonds is 2. The highest BCUT2D eigenvalue weighted by atomic mass is 14.3. The highest BCUT2D eigenvalue weighted by Gasteiger charge is 2.27. The maximum atomic E-state index is 3.86. The summed E-state index contributed by atoms with van der Waals surface area (Å²) < 4.78 is 0. The van der Waals surface area contributed by atoms with Crippen LogP contribution in [0.2, 0.25) is 0 Å². The Labute approximate surface area is 234 Å². The van der Waals surface area contributed by atoms with Crippen LogP contribution in [0.1, 0.15) is 45.2 Å². The lowest BCUT2D eigenvalue weighted by atomic mass is 9.76. The van der Waals surface area contributed by atoms with Crippen LogP contribution in [0, 0.1) is 11.8 Å². The summed E-state index contributed by atoms with van der Waals surface area (Å²) in [6, 6.07) is 48.0. The van der Waals surface area contributed by atoms with Crippen molar-refractivity contribution < 1.29 is 0 Å². The van der Waals surface area contributed by atoms with E-state index in [1.54, 1.807) is 0 Å². The van der Waals surface area contributed by atoms with Crippen molar-refractivity contribution in [3.8, 4) is 11.8 Å². The topological polar surface area (TPSA) is 0 Å². The molecule has 8 rings (SSSR count). The van der Waals surface area contributed by atoms with Crippen molar-refractivity contribution in [2.75, 3.05) is 0 Å². The molecule has 0 saturated heterocycles. The predicted molar refractivity (Wildman–Crippen MR) is 170 cm³/mol. The van der Waals surface area contributed by atoms with Crippen molar-refractivity contribution in [2.45, 2.75) is 11.8 Å². The quantitative estimate of drug-likeness (QED) is 0.205. The summed E-state index contributed by atoms with van der Waals surface area (Å²) in [5, 5.41) is 5.18. The predicted octanol–water partition coefficient (Wildman–Crippen LogP) is 9.97. The summed E-state index contributed by atoms with van der Waals surface area (Å²) in [6.07, 6.45) is 4.71. The van der Waals surface area contributed by atoms with Gasteiger partial charge in [-0.05, 0) is 78.2 Å². The Morgan fingerprint density at radius 2 is 0.775 bits per heavy atom. The summed E-state index contributed by atoms with van der Waals surface area (Å²) in [5.74, 6) is 7.67. The molecule has 0 bridgehead atoms. The van der Waals surface area contributed by atoms with Gasteiger partial charge in [-0.1, -0.05) is 145 Å². The molecule has 0 fully saturated rings. The molecule has 186 valence electrons. The fourth-order valence-electron chi connectivity index (χ4n) is 6.60. The van der Waals surface area contributed by atoms with Crippen LogP contribution < -0.4 is 0 Å². The third kappa shape index (κ3) is 3.64. The van der Waals surface area contributed by atoms with Crippen molar-refractivity contribution in [3.05, 3.63) is 167 Å². The Morgan fingerprint density at radius 1 is 0.375 bits per heavy atom. The van der Waals surface area contributed by atoms with Crippen molar-refractivity contribution in [2.24, 2.45) is 0 Å². The first kappa shape index (κ1) is 22.8. The maximum Gasteiger partial charge on any atom is 0.0714 e. The van der Waals surface area contributed by atoms with Crippen molar-refractivity contribution >= 4 is 44.8 Å². The summed E-state index contributed by atoms with van der Waals surface area (Å²) in [6.45, 7) is 0. The van der Waals surface area contributed by atoms with Crippen LogP contribution in [0.3, 0.4) is 0 Å². The third-order valence-corrected chi connectivity index (χ3v) is 8.39. The Hall–Kier alpha value is -5.12. The van der Waals surface area contributed by atoms with Gasteiger partial charge in [0.2, 0.25) is 0 Å². The monoisotopic (exact) mass is 506 g/mol. The molecule has 2 atom stereocenters. The molecule has 0 heteroatoms. The Morgan fingerprint density at radius 3 is 1.20 bits per heavy atom. The number of hydrogen-bond donors (Lipinski definition) is 0. The SMILES string of the molecule is C(#CC1C(c2ccccc2)=Cc2cccc3cccc1c23)C1C(c2ccccc2)=Cc2cccc3cccc1c23. The molecule has 0 aromatic heterocycles. The minimum absolute atomic E-state index is 0.0191. The fourth-order valence-corrected chi connectivity index (χ4v) is 6.60. The Kier molecular flexibility index (Phi) is 5.29. The lowest BCUT2D eigenvalue weighted by Crippen LogP contribution is -2.09. The van der Waals surface area contributed by atoms with E-state index >= 15 is 0 Å². The first-order chi connectivity index (χ1) is 19.8. The van der Waals surface area contributed by atoms with Gasteiger partial charge in [0.1, 0.15) is 0 Å². The molecule has 40 heavy (non-hydrogen) atoms. The average molecular weight is 507 g/mol. The summed E-state index contributed by atoms with van der Waals surface area (Å²) >= 11 is 0. The van der Waals surface area contributed by atoms with Crippen LogP contribution in [-0.2, 0) is 0 Å². The van der Waals surface area contributed by atoms with E-state index < -0.39 is 0 Å². The van der Waals surface area contributed by atoms with E-state index in [0.29, 0.717) is 0 Å². The molecular formula is C40H26. The molecule has 0 radical (unpaired) electrons. The van der Waals surface area contributed by atoms with Crippen LogP contribution in [-0.4, -0.2) is 0 Å². The van der Waals surface area contributed by atoms with E-state index in [-0.39, 0.29) is 11.8 Å².